The van der Waals surface area contributed by atoms with Crippen LogP contribution in [0.5, 0.6) is 0 Å². The Balaban J connectivity index is 2.64. The molecular formula is C13H20NO5P. The Morgan fingerprint density at radius 3 is 2.50 bits per heavy atom. The van der Waals surface area contributed by atoms with Gasteiger partial charge in [-0.2, -0.15) is 0 Å². The largest absolute Gasteiger partial charge is 0.463 e. The van der Waals surface area contributed by atoms with Crippen LogP contribution >= 0.6 is 7.75 Å². The van der Waals surface area contributed by atoms with Crippen LogP contribution in [-0.4, -0.2) is 19.6 Å². The van der Waals surface area contributed by atoms with Crippen LogP contribution in [0.15, 0.2) is 24.3 Å². The quantitative estimate of drug-likeness (QED) is 0.558. The second-order valence-corrected chi connectivity index (χ2v) is 6.34. The molecule has 0 fully saturated rings. The fourth-order valence-electron chi connectivity index (χ4n) is 1.56. The molecule has 112 valence electrons. The number of hydrogen-bond donors (Lipinski definition) is 1. The fraction of sp³-hybridized carbons (Fsp3) is 0.462. The van der Waals surface area contributed by atoms with Gasteiger partial charge in [0.15, 0.2) is 0 Å². The van der Waals surface area contributed by atoms with Crippen molar-refractivity contribution < 1.29 is 23.1 Å². The van der Waals surface area contributed by atoms with E-state index in [1.807, 2.05) is 38.1 Å². The first-order valence-electron chi connectivity index (χ1n) is 6.20. The zero-order chi connectivity index (χ0) is 15.0. The average Bonchev–Trinajstić information content (AvgIpc) is 2.43. The highest BCUT2D eigenvalue weighted by atomic mass is 31.2. The van der Waals surface area contributed by atoms with E-state index in [1.165, 1.54) is 7.11 Å². The van der Waals surface area contributed by atoms with Crippen LogP contribution < -0.4 is 5.09 Å². The topological polar surface area (TPSA) is 73.9 Å². The Hall–Kier alpha value is -1.20. The molecule has 1 rings (SSSR count). The van der Waals surface area contributed by atoms with Crippen LogP contribution in [0.2, 0.25) is 0 Å². The van der Waals surface area contributed by atoms with Gasteiger partial charge in [-0.05, 0) is 25.0 Å². The molecule has 1 N–H and O–H groups in total. The summed E-state index contributed by atoms with van der Waals surface area (Å²) < 4.78 is 27.1. The molecule has 0 radical (unpaired) electrons. The van der Waals surface area contributed by atoms with Gasteiger partial charge in [0.05, 0.1) is 6.61 Å². The minimum absolute atomic E-state index is 0.0203. The molecular weight excluding hydrogens is 281 g/mol. The molecule has 0 spiro atoms. The Morgan fingerprint density at radius 2 is 1.95 bits per heavy atom. The summed E-state index contributed by atoms with van der Waals surface area (Å²) in [5.41, 5.74) is 1.65. The zero-order valence-corrected chi connectivity index (χ0v) is 12.8. The molecule has 1 atom stereocenters. The highest BCUT2D eigenvalue weighted by Crippen LogP contribution is 2.44. The van der Waals surface area contributed by atoms with Gasteiger partial charge in [-0.25, -0.2) is 9.65 Å². The van der Waals surface area contributed by atoms with Crippen LogP contribution in [0.25, 0.3) is 0 Å². The molecule has 7 heteroatoms. The van der Waals surface area contributed by atoms with Crippen LogP contribution in [0.3, 0.4) is 0 Å². The van der Waals surface area contributed by atoms with Crippen LogP contribution in [0.1, 0.15) is 25.0 Å². The Labute approximate surface area is 119 Å². The Kier molecular flexibility index (Phi) is 6.88. The van der Waals surface area contributed by atoms with Crippen LogP contribution in [-0.2, 0) is 36.4 Å². The smallest absolute Gasteiger partial charge is 0.405 e. The van der Waals surface area contributed by atoms with Gasteiger partial charge in [-0.3, -0.25) is 9.32 Å². The lowest BCUT2D eigenvalue weighted by Crippen LogP contribution is -2.21. The van der Waals surface area contributed by atoms with Gasteiger partial charge in [0.2, 0.25) is 0 Å². The van der Waals surface area contributed by atoms with E-state index in [9.17, 15) is 9.36 Å². The molecule has 0 aliphatic rings. The van der Waals surface area contributed by atoms with Crippen molar-refractivity contribution in [1.82, 2.24) is 5.09 Å². The van der Waals surface area contributed by atoms with E-state index >= 15 is 0 Å². The van der Waals surface area contributed by atoms with E-state index in [-0.39, 0.29) is 19.3 Å². The first-order chi connectivity index (χ1) is 9.49. The van der Waals surface area contributed by atoms with E-state index in [4.69, 9.17) is 9.05 Å². The number of rotatable bonds is 9. The molecule has 0 heterocycles. The second kappa shape index (κ2) is 8.17. The minimum atomic E-state index is -3.30. The molecule has 1 unspecified atom stereocenters. The average molecular weight is 301 g/mol. The number of hydrogen-bond acceptors (Lipinski definition) is 5. The van der Waals surface area contributed by atoms with Crippen molar-refractivity contribution in [3.63, 3.8) is 0 Å². The van der Waals surface area contributed by atoms with Gasteiger partial charge >= 0.3 is 7.75 Å². The van der Waals surface area contributed by atoms with Crippen molar-refractivity contribution in [2.75, 3.05) is 7.11 Å². The molecule has 6 nitrogen and oxygen atoms in total. The number of carbonyl (C=O) groups is 1. The maximum atomic E-state index is 12.2. The van der Waals surface area contributed by atoms with Crippen molar-refractivity contribution in [2.24, 2.45) is 0 Å². The standard InChI is InChI=1S/C13H20NO5P/c1-11(2)14-20(16,17-3)19-9-13-6-4-5-12(7-13)8-18-10-15/h4-7,10-11H,8-9H2,1-3H3,(H,14,16). The van der Waals surface area contributed by atoms with E-state index in [1.54, 1.807) is 0 Å². The van der Waals surface area contributed by atoms with Gasteiger partial charge in [-0.1, -0.05) is 24.3 Å². The van der Waals surface area contributed by atoms with Crippen molar-refractivity contribution >= 4 is 14.2 Å². The lowest BCUT2D eigenvalue weighted by Gasteiger charge is -2.19. The van der Waals surface area contributed by atoms with Gasteiger partial charge in [0.1, 0.15) is 6.61 Å². The number of carbonyl (C=O) groups excluding carboxylic acids is 1. The molecule has 0 saturated carbocycles. The Morgan fingerprint density at radius 1 is 1.30 bits per heavy atom. The summed E-state index contributed by atoms with van der Waals surface area (Å²) >= 11 is 0. The lowest BCUT2D eigenvalue weighted by molar-refractivity contribution is -0.129. The summed E-state index contributed by atoms with van der Waals surface area (Å²) in [5.74, 6) is 0. The molecule has 0 saturated heterocycles. The highest BCUT2D eigenvalue weighted by molar-refractivity contribution is 7.51. The monoisotopic (exact) mass is 301 g/mol. The summed E-state index contributed by atoms with van der Waals surface area (Å²) in [6.45, 7) is 4.44. The summed E-state index contributed by atoms with van der Waals surface area (Å²) in [6, 6.07) is 7.28. The summed E-state index contributed by atoms with van der Waals surface area (Å²) in [5, 5.41) is 2.77. The first kappa shape index (κ1) is 16.9. The molecule has 0 aromatic heterocycles. The predicted molar refractivity (Wildman–Crippen MR) is 75.0 cm³/mol. The number of nitrogens with one attached hydrogen (secondary N) is 1. The second-order valence-electron chi connectivity index (χ2n) is 4.46. The van der Waals surface area contributed by atoms with E-state index in [2.05, 4.69) is 9.82 Å². The van der Waals surface area contributed by atoms with Crippen molar-refractivity contribution in [3.8, 4) is 0 Å². The van der Waals surface area contributed by atoms with Gasteiger partial charge in [0.25, 0.3) is 6.47 Å². The summed E-state index contributed by atoms with van der Waals surface area (Å²) in [7, 11) is -1.96. The van der Waals surface area contributed by atoms with Crippen LogP contribution in [0, 0.1) is 0 Å². The predicted octanol–water partition coefficient (Wildman–Crippen LogP) is 2.63. The molecule has 0 aliphatic carbocycles. The molecule has 1 aromatic carbocycles. The number of benzene rings is 1. The van der Waals surface area contributed by atoms with Gasteiger partial charge in [0, 0.05) is 13.2 Å². The third-order valence-electron chi connectivity index (χ3n) is 2.37. The highest BCUT2D eigenvalue weighted by Gasteiger charge is 2.23. The molecule has 1 aromatic rings. The maximum absolute atomic E-state index is 12.2. The van der Waals surface area contributed by atoms with E-state index in [0.29, 0.717) is 6.47 Å². The molecule has 0 aliphatic heterocycles. The molecule has 0 bridgehead atoms. The lowest BCUT2D eigenvalue weighted by atomic mass is 10.1. The maximum Gasteiger partial charge on any atom is 0.405 e. The van der Waals surface area contributed by atoms with Crippen molar-refractivity contribution in [2.45, 2.75) is 33.1 Å². The Bertz CT molecular complexity index is 478. The SMILES string of the molecule is COP(=O)(NC(C)C)OCc1cccc(COC=O)c1. The molecule has 20 heavy (non-hydrogen) atoms. The third kappa shape index (κ3) is 5.84. The minimum Gasteiger partial charge on any atom is -0.463 e. The third-order valence-corrected chi connectivity index (χ3v) is 4.15. The van der Waals surface area contributed by atoms with Crippen molar-refractivity contribution in [1.29, 1.82) is 0 Å². The summed E-state index contributed by atoms with van der Waals surface area (Å²) in [6.07, 6.45) is 0. The fourth-order valence-corrected chi connectivity index (χ4v) is 2.79. The van der Waals surface area contributed by atoms with Crippen molar-refractivity contribution in [3.05, 3.63) is 35.4 Å². The normalized spacial score (nSPS) is 14.0. The summed E-state index contributed by atoms with van der Waals surface area (Å²) in [4.78, 5) is 10.2. The van der Waals surface area contributed by atoms with Gasteiger partial charge < -0.3 is 9.26 Å². The zero-order valence-electron chi connectivity index (χ0n) is 11.9. The molecule has 0 amide bonds. The first-order valence-corrected chi connectivity index (χ1v) is 7.74. The van der Waals surface area contributed by atoms with Crippen LogP contribution in [0.4, 0.5) is 0 Å². The van der Waals surface area contributed by atoms with E-state index in [0.717, 1.165) is 11.1 Å². The van der Waals surface area contributed by atoms with Gasteiger partial charge in [-0.15, -0.1) is 0 Å². The van der Waals surface area contributed by atoms with E-state index < -0.39 is 7.75 Å². The number of ether oxygens (including phenoxy) is 1.